The van der Waals surface area contributed by atoms with Crippen LogP contribution in [0, 0.1) is 0 Å². The molecule has 118 valence electrons. The smallest absolute Gasteiger partial charge is 0.173 e. The number of ether oxygens (including phenoxy) is 1. The van der Waals surface area contributed by atoms with Crippen molar-refractivity contribution in [3.8, 4) is 0 Å². The first kappa shape index (κ1) is 16.2. The number of para-hydroxylation sites is 1. The molecule has 1 fully saturated rings. The Bertz CT molecular complexity index is 431. The molecule has 1 unspecified atom stereocenters. The van der Waals surface area contributed by atoms with Crippen LogP contribution in [0.1, 0.15) is 5.56 Å². The summed E-state index contributed by atoms with van der Waals surface area (Å²) in [5, 5.41) is 39.4. The van der Waals surface area contributed by atoms with Gasteiger partial charge in [0.05, 0.1) is 12.6 Å². The molecule has 7 N–H and O–H groups in total. The Morgan fingerprint density at radius 2 is 1.90 bits per heavy atom. The van der Waals surface area contributed by atoms with Crippen molar-refractivity contribution in [1.29, 1.82) is 0 Å². The molecule has 3 rings (SSSR count). The molecule has 0 radical (unpaired) electrons. The number of fused-ring (bicyclic) bond motifs is 1. The minimum absolute atomic E-state index is 0.470. The zero-order chi connectivity index (χ0) is 15.4. The lowest BCUT2D eigenvalue weighted by Crippen LogP contribution is -2.61. The molecule has 0 aliphatic carbocycles. The van der Waals surface area contributed by atoms with E-state index in [0.29, 0.717) is 0 Å². The van der Waals surface area contributed by atoms with E-state index in [4.69, 9.17) is 20.7 Å². The van der Waals surface area contributed by atoms with E-state index in [9.17, 15) is 10.2 Å². The minimum Gasteiger partial charge on any atom is -0.394 e. The van der Waals surface area contributed by atoms with Gasteiger partial charge in [-0.3, -0.25) is 0 Å². The van der Waals surface area contributed by atoms with Gasteiger partial charge in [0.2, 0.25) is 0 Å². The van der Waals surface area contributed by atoms with Crippen LogP contribution in [0.5, 0.6) is 0 Å². The summed E-state index contributed by atoms with van der Waals surface area (Å²) in [6, 6.07) is 7.42. The molecule has 21 heavy (non-hydrogen) atoms. The lowest BCUT2D eigenvalue weighted by Gasteiger charge is -2.38. The second-order valence-corrected chi connectivity index (χ2v) is 5.14. The minimum atomic E-state index is -1.35. The van der Waals surface area contributed by atoms with Gasteiger partial charge in [0.15, 0.2) is 6.29 Å². The quantitative estimate of drug-likeness (QED) is 0.368. The Hall–Kier alpha value is -1.22. The zero-order valence-electron chi connectivity index (χ0n) is 11.6. The SMILES string of the molecule is N[C@H]1C(O)O[C@H](CO)[C@@H](O)[C@@H]1O.c1ccc2c(c1)CCN2. The fraction of sp³-hybridized carbons (Fsp3) is 0.571. The van der Waals surface area contributed by atoms with E-state index in [1.807, 2.05) is 0 Å². The molecule has 0 aromatic heterocycles. The van der Waals surface area contributed by atoms with E-state index >= 15 is 0 Å². The number of anilines is 1. The third-order valence-corrected chi connectivity index (χ3v) is 3.68. The molecule has 0 bridgehead atoms. The van der Waals surface area contributed by atoms with Gasteiger partial charge in [-0.1, -0.05) is 18.2 Å². The van der Waals surface area contributed by atoms with Gasteiger partial charge >= 0.3 is 0 Å². The van der Waals surface area contributed by atoms with Crippen LogP contribution in [0.4, 0.5) is 5.69 Å². The molecule has 1 aromatic rings. The van der Waals surface area contributed by atoms with E-state index in [1.54, 1.807) is 0 Å². The molecule has 0 saturated carbocycles. The third-order valence-electron chi connectivity index (χ3n) is 3.68. The van der Waals surface area contributed by atoms with Crippen molar-refractivity contribution in [2.24, 2.45) is 5.73 Å². The Labute approximate surface area is 123 Å². The van der Waals surface area contributed by atoms with Gasteiger partial charge in [0, 0.05) is 12.2 Å². The summed E-state index contributed by atoms with van der Waals surface area (Å²) in [5.41, 5.74) is 8.04. The van der Waals surface area contributed by atoms with E-state index in [0.717, 1.165) is 6.54 Å². The summed E-state index contributed by atoms with van der Waals surface area (Å²) in [4.78, 5) is 0. The first-order valence-corrected chi connectivity index (χ1v) is 6.92. The predicted octanol–water partition coefficient (Wildman–Crippen LogP) is -1.60. The van der Waals surface area contributed by atoms with Crippen LogP contribution in [0.15, 0.2) is 24.3 Å². The standard InChI is InChI=1S/C8H9N.C6H13NO5/c1-2-4-8-7(3-1)5-6-9-8;7-3-5(10)4(9)2(1-8)12-6(3)11/h1-4,9H,5-6H2;2-6,8-11H,1,7H2/t;2-,3-,4-,5-,6?/m.1/s1. The molecule has 2 aliphatic heterocycles. The summed E-state index contributed by atoms with van der Waals surface area (Å²) < 4.78 is 4.70. The second-order valence-electron chi connectivity index (χ2n) is 5.14. The van der Waals surface area contributed by atoms with E-state index < -0.39 is 37.3 Å². The monoisotopic (exact) mass is 298 g/mol. The Morgan fingerprint density at radius 3 is 2.57 bits per heavy atom. The van der Waals surface area contributed by atoms with Crippen molar-refractivity contribution >= 4 is 5.69 Å². The van der Waals surface area contributed by atoms with Crippen molar-refractivity contribution in [2.45, 2.75) is 37.1 Å². The summed E-state index contributed by atoms with van der Waals surface area (Å²) in [7, 11) is 0. The van der Waals surface area contributed by atoms with Crippen molar-refractivity contribution in [3.05, 3.63) is 29.8 Å². The fourth-order valence-corrected chi connectivity index (χ4v) is 2.36. The second kappa shape index (κ2) is 7.17. The lowest BCUT2D eigenvalue weighted by atomic mass is 9.98. The van der Waals surface area contributed by atoms with Crippen molar-refractivity contribution in [3.63, 3.8) is 0 Å². The Kier molecular flexibility index (Phi) is 5.51. The topological polar surface area (TPSA) is 128 Å². The first-order valence-electron chi connectivity index (χ1n) is 6.92. The average molecular weight is 298 g/mol. The van der Waals surface area contributed by atoms with E-state index in [1.165, 1.54) is 17.7 Å². The molecule has 7 nitrogen and oxygen atoms in total. The molecule has 0 amide bonds. The summed E-state index contributed by atoms with van der Waals surface area (Å²) in [5.74, 6) is 0. The van der Waals surface area contributed by atoms with E-state index in [2.05, 4.69) is 29.6 Å². The van der Waals surface area contributed by atoms with Crippen LogP contribution in [0.25, 0.3) is 0 Å². The molecule has 1 aromatic carbocycles. The number of aliphatic hydroxyl groups is 4. The summed E-state index contributed by atoms with van der Waals surface area (Å²) in [6.07, 6.45) is -3.66. The van der Waals surface area contributed by atoms with Crippen LogP contribution in [-0.4, -0.2) is 64.2 Å². The number of rotatable bonds is 1. The average Bonchev–Trinajstić information content (AvgIpc) is 2.98. The zero-order valence-corrected chi connectivity index (χ0v) is 11.6. The highest BCUT2D eigenvalue weighted by Gasteiger charge is 2.41. The number of hydrogen-bond donors (Lipinski definition) is 6. The maximum Gasteiger partial charge on any atom is 0.173 e. The molecule has 7 heteroatoms. The highest BCUT2D eigenvalue weighted by molar-refractivity contribution is 5.54. The van der Waals surface area contributed by atoms with Crippen molar-refractivity contribution in [1.82, 2.24) is 0 Å². The number of nitrogens with two attached hydrogens (primary N) is 1. The van der Waals surface area contributed by atoms with Gasteiger partial charge in [-0.05, 0) is 18.1 Å². The Balaban J connectivity index is 0.000000159. The number of nitrogens with one attached hydrogen (secondary N) is 1. The van der Waals surface area contributed by atoms with Gasteiger partial charge in [-0.2, -0.15) is 0 Å². The maximum absolute atomic E-state index is 9.20. The summed E-state index contributed by atoms with van der Waals surface area (Å²) >= 11 is 0. The highest BCUT2D eigenvalue weighted by atomic mass is 16.6. The van der Waals surface area contributed by atoms with Gasteiger partial charge in [0.25, 0.3) is 0 Å². The van der Waals surface area contributed by atoms with Crippen LogP contribution < -0.4 is 11.1 Å². The maximum atomic E-state index is 9.20. The molecule has 0 spiro atoms. The fourth-order valence-electron chi connectivity index (χ4n) is 2.36. The predicted molar refractivity (Wildman–Crippen MR) is 76.6 cm³/mol. The number of benzene rings is 1. The van der Waals surface area contributed by atoms with Crippen molar-refractivity contribution in [2.75, 3.05) is 18.5 Å². The molecular weight excluding hydrogens is 276 g/mol. The molecule has 2 heterocycles. The molecule has 5 atom stereocenters. The van der Waals surface area contributed by atoms with Gasteiger partial charge in [-0.25, -0.2) is 0 Å². The van der Waals surface area contributed by atoms with Crippen molar-refractivity contribution < 1.29 is 25.2 Å². The Morgan fingerprint density at radius 1 is 1.19 bits per heavy atom. The largest absolute Gasteiger partial charge is 0.394 e. The first-order chi connectivity index (χ1) is 10.0. The van der Waals surface area contributed by atoms with Crippen LogP contribution >= 0.6 is 0 Å². The normalized spacial score (nSPS) is 34.4. The van der Waals surface area contributed by atoms with Gasteiger partial charge < -0.3 is 36.2 Å². The molecular formula is C14H22N2O5. The highest BCUT2D eigenvalue weighted by Crippen LogP contribution is 2.20. The molecule has 2 aliphatic rings. The van der Waals surface area contributed by atoms with E-state index in [-0.39, 0.29) is 0 Å². The number of hydrogen-bond acceptors (Lipinski definition) is 7. The van der Waals surface area contributed by atoms with Gasteiger partial charge in [0.1, 0.15) is 18.3 Å². The van der Waals surface area contributed by atoms with Gasteiger partial charge in [-0.15, -0.1) is 0 Å². The molecule has 1 saturated heterocycles. The summed E-state index contributed by atoms with van der Waals surface area (Å²) in [6.45, 7) is 0.640. The lowest BCUT2D eigenvalue weighted by molar-refractivity contribution is -0.248. The van der Waals surface area contributed by atoms with Crippen LogP contribution in [0.3, 0.4) is 0 Å². The van der Waals surface area contributed by atoms with Crippen LogP contribution in [0.2, 0.25) is 0 Å². The number of aliphatic hydroxyl groups excluding tert-OH is 4. The third kappa shape index (κ3) is 3.70. The van der Waals surface area contributed by atoms with Crippen LogP contribution in [-0.2, 0) is 11.2 Å².